The molecular weight excluding hydrogens is 396 g/mol. The zero-order chi connectivity index (χ0) is 21.7. The number of carbonyl (C=O) groups excluding carboxylic acids is 2. The predicted octanol–water partition coefficient (Wildman–Crippen LogP) is 3.99. The van der Waals surface area contributed by atoms with Crippen molar-refractivity contribution >= 4 is 29.3 Å². The van der Waals surface area contributed by atoms with E-state index in [9.17, 15) is 9.59 Å². The topological polar surface area (TPSA) is 67.2 Å². The maximum Gasteiger partial charge on any atom is 0.243 e. The van der Waals surface area contributed by atoms with Crippen LogP contribution in [0.15, 0.2) is 60.0 Å². The summed E-state index contributed by atoms with van der Waals surface area (Å²) in [6, 6.07) is 13.8. The molecule has 3 rings (SSSR count). The minimum atomic E-state index is -0.225. The van der Waals surface area contributed by atoms with Crippen molar-refractivity contribution in [3.63, 3.8) is 0 Å². The number of carbonyl (C=O) groups is 2. The molecule has 0 aliphatic heterocycles. The average molecular weight is 423 g/mol. The van der Waals surface area contributed by atoms with Crippen LogP contribution >= 0.6 is 11.8 Å². The SMILES string of the molecule is Cc1ccc(NC(=O)CN(C)C(=O)CSc2nccn2-c2ccc(C)cc2C)cc1. The van der Waals surface area contributed by atoms with Crippen LogP contribution in [0.4, 0.5) is 5.69 Å². The van der Waals surface area contributed by atoms with E-state index in [0.29, 0.717) is 0 Å². The first kappa shape index (κ1) is 21.6. The minimum Gasteiger partial charge on any atom is -0.336 e. The Kier molecular flexibility index (Phi) is 6.95. The van der Waals surface area contributed by atoms with E-state index < -0.39 is 0 Å². The second-order valence-corrected chi connectivity index (χ2v) is 8.26. The molecule has 6 nitrogen and oxygen atoms in total. The highest BCUT2D eigenvalue weighted by molar-refractivity contribution is 7.99. The number of imidazole rings is 1. The van der Waals surface area contributed by atoms with Gasteiger partial charge in [-0.15, -0.1) is 0 Å². The molecule has 0 aliphatic carbocycles. The lowest BCUT2D eigenvalue weighted by Crippen LogP contribution is -2.36. The number of benzene rings is 2. The van der Waals surface area contributed by atoms with Crippen LogP contribution < -0.4 is 5.32 Å². The van der Waals surface area contributed by atoms with E-state index >= 15 is 0 Å². The maximum absolute atomic E-state index is 12.5. The van der Waals surface area contributed by atoms with Gasteiger partial charge in [-0.05, 0) is 44.5 Å². The van der Waals surface area contributed by atoms with Crippen molar-refractivity contribution < 1.29 is 9.59 Å². The van der Waals surface area contributed by atoms with Gasteiger partial charge in [0, 0.05) is 25.1 Å². The lowest BCUT2D eigenvalue weighted by molar-refractivity contribution is -0.131. The second kappa shape index (κ2) is 9.63. The molecule has 2 aromatic carbocycles. The fourth-order valence-corrected chi connectivity index (χ4v) is 3.94. The van der Waals surface area contributed by atoms with Gasteiger partial charge in [-0.1, -0.05) is 47.2 Å². The molecule has 1 heterocycles. The molecule has 0 aliphatic rings. The number of rotatable bonds is 7. The summed E-state index contributed by atoms with van der Waals surface area (Å²) in [5.41, 5.74) is 5.23. The number of hydrogen-bond acceptors (Lipinski definition) is 4. The molecule has 0 saturated heterocycles. The number of nitrogens with one attached hydrogen (secondary N) is 1. The van der Waals surface area contributed by atoms with E-state index in [1.54, 1.807) is 13.2 Å². The number of anilines is 1. The molecule has 0 saturated carbocycles. The predicted molar refractivity (Wildman–Crippen MR) is 121 cm³/mol. The van der Waals surface area contributed by atoms with Gasteiger partial charge in [0.05, 0.1) is 18.0 Å². The third-order valence-electron chi connectivity index (χ3n) is 4.69. The Balaban J connectivity index is 1.56. The van der Waals surface area contributed by atoms with E-state index in [-0.39, 0.29) is 24.1 Å². The van der Waals surface area contributed by atoms with Crippen molar-refractivity contribution in [1.82, 2.24) is 14.5 Å². The summed E-state index contributed by atoms with van der Waals surface area (Å²) in [5.74, 6) is -0.151. The molecule has 0 unspecified atom stereocenters. The molecule has 0 radical (unpaired) electrons. The number of aromatic nitrogens is 2. The quantitative estimate of drug-likeness (QED) is 0.585. The third-order valence-corrected chi connectivity index (χ3v) is 5.64. The van der Waals surface area contributed by atoms with Gasteiger partial charge in [-0.3, -0.25) is 14.2 Å². The normalized spacial score (nSPS) is 10.7. The molecule has 3 aromatic rings. The van der Waals surface area contributed by atoms with Gasteiger partial charge in [-0.25, -0.2) is 4.98 Å². The summed E-state index contributed by atoms with van der Waals surface area (Å²) >= 11 is 1.36. The van der Waals surface area contributed by atoms with Gasteiger partial charge in [0.1, 0.15) is 0 Å². The Hall–Kier alpha value is -3.06. The van der Waals surface area contributed by atoms with E-state index in [4.69, 9.17) is 0 Å². The summed E-state index contributed by atoms with van der Waals surface area (Å²) in [5, 5.41) is 3.55. The van der Waals surface area contributed by atoms with Crippen LogP contribution in [0.3, 0.4) is 0 Å². The van der Waals surface area contributed by atoms with Gasteiger partial charge in [0.25, 0.3) is 0 Å². The highest BCUT2D eigenvalue weighted by Gasteiger charge is 2.16. The number of nitrogens with zero attached hydrogens (tertiary/aromatic N) is 3. The molecule has 7 heteroatoms. The molecule has 156 valence electrons. The van der Waals surface area contributed by atoms with Crippen molar-refractivity contribution in [2.24, 2.45) is 0 Å². The number of likely N-dealkylation sites (N-methyl/N-ethyl adjacent to an activating group) is 1. The molecule has 0 atom stereocenters. The number of aryl methyl sites for hydroxylation is 3. The Morgan fingerprint density at radius 2 is 1.77 bits per heavy atom. The lowest BCUT2D eigenvalue weighted by atomic mass is 10.1. The highest BCUT2D eigenvalue weighted by atomic mass is 32.2. The van der Waals surface area contributed by atoms with E-state index in [1.807, 2.05) is 42.0 Å². The van der Waals surface area contributed by atoms with Crippen LogP contribution in [0.5, 0.6) is 0 Å². The number of amides is 2. The van der Waals surface area contributed by atoms with Gasteiger partial charge in [0.15, 0.2) is 5.16 Å². The third kappa shape index (κ3) is 5.51. The monoisotopic (exact) mass is 422 g/mol. The molecule has 0 bridgehead atoms. The van der Waals surface area contributed by atoms with Crippen molar-refractivity contribution in [2.75, 3.05) is 24.7 Å². The zero-order valence-corrected chi connectivity index (χ0v) is 18.5. The smallest absolute Gasteiger partial charge is 0.243 e. The largest absolute Gasteiger partial charge is 0.336 e. The zero-order valence-electron chi connectivity index (χ0n) is 17.7. The molecule has 1 N–H and O–H groups in total. The van der Waals surface area contributed by atoms with Crippen molar-refractivity contribution in [2.45, 2.75) is 25.9 Å². The second-order valence-electron chi connectivity index (χ2n) is 7.32. The molecule has 2 amide bonds. The van der Waals surface area contributed by atoms with Crippen molar-refractivity contribution in [3.05, 3.63) is 71.5 Å². The van der Waals surface area contributed by atoms with Crippen LogP contribution in [0, 0.1) is 20.8 Å². The Morgan fingerprint density at radius 3 is 2.47 bits per heavy atom. The van der Waals surface area contributed by atoms with E-state index in [2.05, 4.69) is 42.3 Å². The molecular formula is C23H26N4O2S. The Morgan fingerprint density at radius 1 is 1.07 bits per heavy atom. The van der Waals surface area contributed by atoms with Crippen molar-refractivity contribution in [3.8, 4) is 5.69 Å². The fraction of sp³-hybridized carbons (Fsp3) is 0.261. The molecule has 0 spiro atoms. The summed E-state index contributed by atoms with van der Waals surface area (Å²) in [7, 11) is 1.63. The van der Waals surface area contributed by atoms with Gasteiger partial charge >= 0.3 is 0 Å². The van der Waals surface area contributed by atoms with Crippen LogP contribution in [-0.2, 0) is 9.59 Å². The van der Waals surface area contributed by atoms with E-state index in [1.165, 1.54) is 22.2 Å². The first-order chi connectivity index (χ1) is 14.3. The molecule has 30 heavy (non-hydrogen) atoms. The van der Waals surface area contributed by atoms with Crippen LogP contribution in [0.2, 0.25) is 0 Å². The standard InChI is InChI=1S/C23H26N4O2S/c1-16-5-8-19(9-6-16)25-21(28)14-26(4)22(29)15-30-23-24-11-12-27(23)20-10-7-17(2)13-18(20)3/h5-13H,14-15H2,1-4H3,(H,25,28). The molecule has 1 aromatic heterocycles. The first-order valence-corrected chi connectivity index (χ1v) is 10.7. The number of hydrogen-bond donors (Lipinski definition) is 1. The maximum atomic E-state index is 12.5. The fourth-order valence-electron chi connectivity index (χ4n) is 3.03. The minimum absolute atomic E-state index is 0.00121. The first-order valence-electron chi connectivity index (χ1n) is 9.68. The average Bonchev–Trinajstić information content (AvgIpc) is 3.16. The summed E-state index contributed by atoms with van der Waals surface area (Å²) in [6.07, 6.45) is 3.62. The van der Waals surface area contributed by atoms with E-state index in [0.717, 1.165) is 27.7 Å². The van der Waals surface area contributed by atoms with Gasteiger partial charge < -0.3 is 10.2 Å². The van der Waals surface area contributed by atoms with Crippen LogP contribution in [0.25, 0.3) is 5.69 Å². The molecule has 0 fully saturated rings. The van der Waals surface area contributed by atoms with Gasteiger partial charge in [-0.2, -0.15) is 0 Å². The lowest BCUT2D eigenvalue weighted by Gasteiger charge is -2.17. The Bertz CT molecular complexity index is 1040. The Labute approximate surface area is 181 Å². The highest BCUT2D eigenvalue weighted by Crippen LogP contribution is 2.23. The van der Waals surface area contributed by atoms with Crippen LogP contribution in [0.1, 0.15) is 16.7 Å². The van der Waals surface area contributed by atoms with Crippen LogP contribution in [-0.4, -0.2) is 45.6 Å². The summed E-state index contributed by atoms with van der Waals surface area (Å²) < 4.78 is 1.98. The number of thioether (sulfide) groups is 1. The summed E-state index contributed by atoms with van der Waals surface area (Å²) in [6.45, 7) is 6.10. The summed E-state index contributed by atoms with van der Waals surface area (Å²) in [4.78, 5) is 30.6. The van der Waals surface area contributed by atoms with Gasteiger partial charge in [0.2, 0.25) is 11.8 Å². The van der Waals surface area contributed by atoms with Crippen molar-refractivity contribution in [1.29, 1.82) is 0 Å².